The van der Waals surface area contributed by atoms with Crippen LogP contribution in [0.25, 0.3) is 0 Å². The van der Waals surface area contributed by atoms with Gasteiger partial charge < -0.3 is 5.32 Å². The smallest absolute Gasteiger partial charge is 0.243 e. The van der Waals surface area contributed by atoms with Gasteiger partial charge in [-0.3, -0.25) is 0 Å². The van der Waals surface area contributed by atoms with Gasteiger partial charge >= 0.3 is 0 Å². The van der Waals surface area contributed by atoms with Gasteiger partial charge in [0.1, 0.15) is 10.7 Å². The number of hydrogen-bond acceptors (Lipinski definition) is 3. The highest BCUT2D eigenvalue weighted by atomic mass is 32.2. The Morgan fingerprint density at radius 3 is 2.56 bits per heavy atom. The molecule has 2 N–H and O–H groups in total. The molecular formula is C10H15FN2O2S. The summed E-state index contributed by atoms with van der Waals surface area (Å²) in [4.78, 5) is -0.313. The van der Waals surface area contributed by atoms with Crippen LogP contribution in [0.2, 0.25) is 0 Å². The number of likely N-dealkylation sites (N-methyl/N-ethyl adjacent to an activating group) is 1. The number of halogens is 1. The minimum absolute atomic E-state index is 0.241. The van der Waals surface area contributed by atoms with Crippen molar-refractivity contribution in [1.29, 1.82) is 0 Å². The fourth-order valence-corrected chi connectivity index (χ4v) is 2.30. The molecule has 0 aliphatic carbocycles. The molecule has 0 saturated carbocycles. The molecule has 0 aromatic heterocycles. The fraction of sp³-hybridized carbons (Fsp3) is 0.400. The first kappa shape index (κ1) is 13.1. The molecule has 16 heavy (non-hydrogen) atoms. The Kier molecular flexibility index (Phi) is 4.85. The van der Waals surface area contributed by atoms with Crippen molar-refractivity contribution >= 4 is 10.0 Å². The third-order valence-electron chi connectivity index (χ3n) is 1.97. The normalized spacial score (nSPS) is 11.6. The van der Waals surface area contributed by atoms with Gasteiger partial charge in [-0.25, -0.2) is 17.5 Å². The summed E-state index contributed by atoms with van der Waals surface area (Å²) in [5, 5.41) is 2.97. The summed E-state index contributed by atoms with van der Waals surface area (Å²) in [6, 6.07) is 5.30. The van der Waals surface area contributed by atoms with Gasteiger partial charge in [0.2, 0.25) is 10.0 Å². The molecule has 4 nitrogen and oxygen atoms in total. The third-order valence-corrected chi connectivity index (χ3v) is 3.46. The first-order valence-corrected chi connectivity index (χ1v) is 6.51. The first-order chi connectivity index (χ1) is 7.58. The Hall–Kier alpha value is -0.980. The molecule has 6 heteroatoms. The van der Waals surface area contributed by atoms with Gasteiger partial charge in [0.25, 0.3) is 0 Å². The van der Waals surface area contributed by atoms with E-state index >= 15 is 0 Å². The van der Waals surface area contributed by atoms with Crippen LogP contribution in [-0.2, 0) is 10.0 Å². The molecule has 0 bridgehead atoms. The maximum Gasteiger partial charge on any atom is 0.243 e. The van der Waals surface area contributed by atoms with Crippen LogP contribution in [0.1, 0.15) is 6.92 Å². The van der Waals surface area contributed by atoms with E-state index in [1.165, 1.54) is 18.2 Å². The maximum absolute atomic E-state index is 13.2. The van der Waals surface area contributed by atoms with Crippen LogP contribution < -0.4 is 10.0 Å². The lowest BCUT2D eigenvalue weighted by molar-refractivity contribution is 0.554. The van der Waals surface area contributed by atoms with Gasteiger partial charge in [-0.1, -0.05) is 19.1 Å². The van der Waals surface area contributed by atoms with Crippen molar-refractivity contribution in [2.75, 3.05) is 19.6 Å². The average molecular weight is 246 g/mol. The Balaban J connectivity index is 2.68. The summed E-state index contributed by atoms with van der Waals surface area (Å²) in [6.07, 6.45) is 0. The van der Waals surface area contributed by atoms with Crippen molar-refractivity contribution in [3.63, 3.8) is 0 Å². The minimum atomic E-state index is -3.74. The second-order valence-corrected chi connectivity index (χ2v) is 4.92. The number of benzene rings is 1. The quantitative estimate of drug-likeness (QED) is 0.727. The van der Waals surface area contributed by atoms with Crippen LogP contribution in [0, 0.1) is 5.82 Å². The molecule has 0 aliphatic rings. The van der Waals surface area contributed by atoms with Gasteiger partial charge in [0.15, 0.2) is 0 Å². The highest BCUT2D eigenvalue weighted by Crippen LogP contribution is 2.12. The van der Waals surface area contributed by atoms with E-state index in [9.17, 15) is 12.8 Å². The van der Waals surface area contributed by atoms with Crippen LogP contribution in [0.3, 0.4) is 0 Å². The Bertz CT molecular complexity index is 434. The van der Waals surface area contributed by atoms with E-state index in [0.717, 1.165) is 12.6 Å². The summed E-state index contributed by atoms with van der Waals surface area (Å²) in [5.74, 6) is -0.738. The monoisotopic (exact) mass is 246 g/mol. The van der Waals surface area contributed by atoms with E-state index in [0.29, 0.717) is 6.54 Å². The summed E-state index contributed by atoms with van der Waals surface area (Å²) in [5.41, 5.74) is 0. The molecule has 0 atom stereocenters. The summed E-state index contributed by atoms with van der Waals surface area (Å²) in [7, 11) is -3.74. The SMILES string of the molecule is CCNCCNS(=O)(=O)c1ccccc1F. The van der Waals surface area contributed by atoms with Crippen molar-refractivity contribution in [1.82, 2.24) is 10.0 Å². The van der Waals surface area contributed by atoms with Gasteiger partial charge in [0, 0.05) is 13.1 Å². The van der Waals surface area contributed by atoms with Gasteiger partial charge in [-0.05, 0) is 18.7 Å². The van der Waals surface area contributed by atoms with Crippen LogP contribution in [-0.4, -0.2) is 28.1 Å². The molecule has 0 aliphatic heterocycles. The Morgan fingerprint density at radius 1 is 1.25 bits per heavy atom. The van der Waals surface area contributed by atoms with Gasteiger partial charge in [-0.2, -0.15) is 0 Å². The third kappa shape index (κ3) is 3.55. The van der Waals surface area contributed by atoms with Crippen LogP contribution in [0.4, 0.5) is 4.39 Å². The first-order valence-electron chi connectivity index (χ1n) is 5.03. The number of rotatable bonds is 6. The van der Waals surface area contributed by atoms with E-state index in [4.69, 9.17) is 0 Å². The summed E-state index contributed by atoms with van der Waals surface area (Å²) in [6.45, 7) is 3.45. The van der Waals surface area contributed by atoms with Crippen LogP contribution >= 0.6 is 0 Å². The van der Waals surface area contributed by atoms with Crippen LogP contribution in [0.15, 0.2) is 29.2 Å². The van der Waals surface area contributed by atoms with E-state index in [1.54, 1.807) is 0 Å². The molecule has 0 heterocycles. The molecule has 0 saturated heterocycles. The average Bonchev–Trinajstić information content (AvgIpc) is 2.25. The number of nitrogens with one attached hydrogen (secondary N) is 2. The highest BCUT2D eigenvalue weighted by molar-refractivity contribution is 7.89. The lowest BCUT2D eigenvalue weighted by atomic mass is 10.4. The van der Waals surface area contributed by atoms with Crippen molar-refractivity contribution in [3.8, 4) is 0 Å². The molecule has 90 valence electrons. The molecule has 0 radical (unpaired) electrons. The second kappa shape index (κ2) is 5.93. The lowest BCUT2D eigenvalue weighted by Crippen LogP contribution is -2.32. The van der Waals surface area contributed by atoms with Crippen molar-refractivity contribution in [3.05, 3.63) is 30.1 Å². The van der Waals surface area contributed by atoms with E-state index in [2.05, 4.69) is 10.0 Å². The molecule has 0 unspecified atom stereocenters. The fourth-order valence-electron chi connectivity index (χ4n) is 1.19. The molecule has 1 aromatic rings. The Morgan fingerprint density at radius 2 is 1.94 bits per heavy atom. The largest absolute Gasteiger partial charge is 0.316 e. The second-order valence-electron chi connectivity index (χ2n) is 3.18. The van der Waals surface area contributed by atoms with Gasteiger partial charge in [-0.15, -0.1) is 0 Å². The molecule has 0 amide bonds. The summed E-state index contributed by atoms with van der Waals surface area (Å²) >= 11 is 0. The minimum Gasteiger partial charge on any atom is -0.316 e. The molecule has 0 fully saturated rings. The Labute approximate surface area is 94.9 Å². The predicted octanol–water partition coefficient (Wildman–Crippen LogP) is 0.714. The number of hydrogen-bond donors (Lipinski definition) is 2. The lowest BCUT2D eigenvalue weighted by Gasteiger charge is -2.07. The van der Waals surface area contributed by atoms with Gasteiger partial charge in [0.05, 0.1) is 0 Å². The molecule has 0 spiro atoms. The topological polar surface area (TPSA) is 58.2 Å². The number of sulfonamides is 1. The highest BCUT2D eigenvalue weighted by Gasteiger charge is 2.17. The van der Waals surface area contributed by atoms with E-state index in [-0.39, 0.29) is 11.4 Å². The van der Waals surface area contributed by atoms with Crippen molar-refractivity contribution in [2.24, 2.45) is 0 Å². The zero-order valence-electron chi connectivity index (χ0n) is 9.03. The predicted molar refractivity (Wildman–Crippen MR) is 60.1 cm³/mol. The van der Waals surface area contributed by atoms with Crippen molar-refractivity contribution < 1.29 is 12.8 Å². The van der Waals surface area contributed by atoms with E-state index < -0.39 is 15.8 Å². The summed E-state index contributed by atoms with van der Waals surface area (Å²) < 4.78 is 38.8. The van der Waals surface area contributed by atoms with Crippen LogP contribution in [0.5, 0.6) is 0 Å². The van der Waals surface area contributed by atoms with E-state index in [1.807, 2.05) is 6.92 Å². The standard InChI is InChI=1S/C10H15FN2O2S/c1-2-12-7-8-13-16(14,15)10-6-4-3-5-9(10)11/h3-6,12-13H,2,7-8H2,1H3. The zero-order chi connectivity index (χ0) is 12.0. The maximum atomic E-state index is 13.2. The van der Waals surface area contributed by atoms with Crippen molar-refractivity contribution in [2.45, 2.75) is 11.8 Å². The molecular weight excluding hydrogens is 231 g/mol. The zero-order valence-corrected chi connectivity index (χ0v) is 9.85. The molecule has 1 rings (SSSR count). The molecule has 1 aromatic carbocycles.